The van der Waals surface area contributed by atoms with Crippen LogP contribution in [-0.2, 0) is 10.2 Å². The van der Waals surface area contributed by atoms with Gasteiger partial charge in [-0.1, -0.05) is 30.3 Å². The molecule has 3 heteroatoms. The van der Waals surface area contributed by atoms with Crippen LogP contribution in [0.15, 0.2) is 30.3 Å². The third kappa shape index (κ3) is 2.72. The van der Waals surface area contributed by atoms with Gasteiger partial charge < -0.3 is 10.2 Å². The maximum atomic E-state index is 12.7. The van der Waals surface area contributed by atoms with E-state index < -0.39 is 5.41 Å². The lowest BCUT2D eigenvalue weighted by Gasteiger charge is -2.31. The van der Waals surface area contributed by atoms with E-state index in [4.69, 9.17) is 0 Å². The first-order valence-electron chi connectivity index (χ1n) is 6.68. The van der Waals surface area contributed by atoms with E-state index in [0.29, 0.717) is 0 Å². The average molecular weight is 246 g/mol. The second-order valence-electron chi connectivity index (χ2n) is 5.39. The summed E-state index contributed by atoms with van der Waals surface area (Å²) in [5.41, 5.74) is 0.651. The number of carbonyl (C=O) groups excluding carboxylic acids is 1. The Morgan fingerprint density at radius 2 is 1.89 bits per heavy atom. The fourth-order valence-electron chi connectivity index (χ4n) is 2.42. The lowest BCUT2D eigenvalue weighted by Crippen LogP contribution is -2.44. The van der Waals surface area contributed by atoms with Crippen molar-refractivity contribution in [3.63, 3.8) is 0 Å². The molecule has 1 heterocycles. The zero-order chi connectivity index (χ0) is 13.0. The van der Waals surface area contributed by atoms with Gasteiger partial charge in [-0.3, -0.25) is 4.79 Å². The van der Waals surface area contributed by atoms with Crippen LogP contribution in [0.4, 0.5) is 0 Å². The van der Waals surface area contributed by atoms with E-state index in [1.54, 1.807) is 0 Å². The Bertz CT molecular complexity index is 392. The van der Waals surface area contributed by atoms with Crippen molar-refractivity contribution in [2.45, 2.75) is 25.7 Å². The van der Waals surface area contributed by atoms with Crippen LogP contribution in [-0.4, -0.2) is 37.0 Å². The zero-order valence-corrected chi connectivity index (χ0v) is 11.3. The second-order valence-corrected chi connectivity index (χ2v) is 5.39. The van der Waals surface area contributed by atoms with Crippen molar-refractivity contribution >= 4 is 5.91 Å². The highest BCUT2D eigenvalue weighted by molar-refractivity contribution is 5.87. The van der Waals surface area contributed by atoms with Gasteiger partial charge in [0.05, 0.1) is 5.41 Å². The molecule has 1 aromatic rings. The molecule has 1 aliphatic heterocycles. The summed E-state index contributed by atoms with van der Waals surface area (Å²) in [6.07, 6.45) is 1.04. The fraction of sp³-hybridized carbons (Fsp3) is 0.533. The second kappa shape index (κ2) is 5.53. The van der Waals surface area contributed by atoms with Crippen molar-refractivity contribution in [2.75, 3.05) is 26.2 Å². The van der Waals surface area contributed by atoms with Crippen molar-refractivity contribution in [2.24, 2.45) is 0 Å². The van der Waals surface area contributed by atoms with E-state index in [1.807, 2.05) is 49.1 Å². The van der Waals surface area contributed by atoms with Crippen LogP contribution in [0.1, 0.15) is 25.8 Å². The number of rotatable bonds is 2. The predicted molar refractivity (Wildman–Crippen MR) is 73.5 cm³/mol. The van der Waals surface area contributed by atoms with Crippen LogP contribution in [0, 0.1) is 0 Å². The van der Waals surface area contributed by atoms with Crippen LogP contribution in [0.25, 0.3) is 0 Å². The van der Waals surface area contributed by atoms with Crippen molar-refractivity contribution in [1.29, 1.82) is 0 Å². The van der Waals surface area contributed by atoms with Crippen LogP contribution in [0.2, 0.25) is 0 Å². The SMILES string of the molecule is CC(C)(C(=O)N1CCCNCC1)c1ccccc1. The molecule has 0 atom stereocenters. The highest BCUT2D eigenvalue weighted by Gasteiger charge is 2.33. The fourth-order valence-corrected chi connectivity index (χ4v) is 2.42. The molecule has 0 aliphatic carbocycles. The van der Waals surface area contributed by atoms with E-state index in [-0.39, 0.29) is 5.91 Å². The Balaban J connectivity index is 2.16. The molecular weight excluding hydrogens is 224 g/mol. The summed E-state index contributed by atoms with van der Waals surface area (Å²) in [4.78, 5) is 14.7. The van der Waals surface area contributed by atoms with Crippen LogP contribution in [0.5, 0.6) is 0 Å². The Morgan fingerprint density at radius 3 is 2.61 bits per heavy atom. The first-order chi connectivity index (χ1) is 8.62. The summed E-state index contributed by atoms with van der Waals surface area (Å²) < 4.78 is 0. The van der Waals surface area contributed by atoms with Gasteiger partial charge in [-0.15, -0.1) is 0 Å². The lowest BCUT2D eigenvalue weighted by atomic mass is 9.83. The minimum Gasteiger partial charge on any atom is -0.341 e. The number of hydrogen-bond acceptors (Lipinski definition) is 2. The summed E-state index contributed by atoms with van der Waals surface area (Å²) in [6, 6.07) is 10.0. The number of nitrogens with one attached hydrogen (secondary N) is 1. The Kier molecular flexibility index (Phi) is 4.02. The van der Waals surface area contributed by atoms with Crippen molar-refractivity contribution in [3.05, 3.63) is 35.9 Å². The van der Waals surface area contributed by atoms with Crippen LogP contribution >= 0.6 is 0 Å². The minimum atomic E-state index is -0.439. The van der Waals surface area contributed by atoms with E-state index in [1.165, 1.54) is 0 Å². The maximum absolute atomic E-state index is 12.7. The highest BCUT2D eigenvalue weighted by Crippen LogP contribution is 2.25. The molecule has 1 saturated heterocycles. The highest BCUT2D eigenvalue weighted by atomic mass is 16.2. The number of hydrogen-bond donors (Lipinski definition) is 1. The van der Waals surface area contributed by atoms with Gasteiger partial charge in [-0.05, 0) is 32.4 Å². The molecule has 2 rings (SSSR count). The van der Waals surface area contributed by atoms with Gasteiger partial charge in [0.2, 0.25) is 5.91 Å². The topological polar surface area (TPSA) is 32.3 Å². The van der Waals surface area contributed by atoms with E-state index in [9.17, 15) is 4.79 Å². The van der Waals surface area contributed by atoms with Gasteiger partial charge in [0, 0.05) is 19.6 Å². The molecule has 1 aliphatic rings. The van der Waals surface area contributed by atoms with Crippen molar-refractivity contribution < 1.29 is 4.79 Å². The molecule has 0 bridgehead atoms. The lowest BCUT2D eigenvalue weighted by molar-refractivity contribution is -0.136. The quantitative estimate of drug-likeness (QED) is 0.863. The van der Waals surface area contributed by atoms with Gasteiger partial charge in [0.1, 0.15) is 0 Å². The molecule has 1 N–H and O–H groups in total. The summed E-state index contributed by atoms with van der Waals surface area (Å²) in [6.45, 7) is 7.62. The molecule has 98 valence electrons. The third-order valence-corrected chi connectivity index (χ3v) is 3.66. The Hall–Kier alpha value is -1.35. The smallest absolute Gasteiger partial charge is 0.232 e. The molecule has 3 nitrogen and oxygen atoms in total. The molecule has 1 amide bonds. The zero-order valence-electron chi connectivity index (χ0n) is 11.3. The van der Waals surface area contributed by atoms with Gasteiger partial charge in [0.25, 0.3) is 0 Å². The number of nitrogens with zero attached hydrogens (tertiary/aromatic N) is 1. The van der Waals surface area contributed by atoms with Crippen LogP contribution in [0.3, 0.4) is 0 Å². The Morgan fingerprint density at radius 1 is 1.17 bits per heavy atom. The summed E-state index contributed by atoms with van der Waals surface area (Å²) in [5, 5.41) is 3.33. The predicted octanol–water partition coefficient (Wildman–Crippen LogP) is 1.79. The summed E-state index contributed by atoms with van der Waals surface area (Å²) in [5.74, 6) is 0.234. The maximum Gasteiger partial charge on any atom is 0.232 e. The van der Waals surface area contributed by atoms with E-state index >= 15 is 0 Å². The molecule has 0 radical (unpaired) electrons. The first-order valence-corrected chi connectivity index (χ1v) is 6.68. The third-order valence-electron chi connectivity index (χ3n) is 3.66. The number of benzene rings is 1. The van der Waals surface area contributed by atoms with Crippen molar-refractivity contribution in [1.82, 2.24) is 10.2 Å². The first kappa shape index (κ1) is 13.1. The van der Waals surface area contributed by atoms with E-state index in [2.05, 4.69) is 5.32 Å². The van der Waals surface area contributed by atoms with Gasteiger partial charge in [0.15, 0.2) is 0 Å². The average Bonchev–Trinajstić information content (AvgIpc) is 2.67. The molecule has 18 heavy (non-hydrogen) atoms. The van der Waals surface area contributed by atoms with Gasteiger partial charge in [-0.2, -0.15) is 0 Å². The number of amides is 1. The molecule has 0 saturated carbocycles. The van der Waals surface area contributed by atoms with Gasteiger partial charge in [-0.25, -0.2) is 0 Å². The monoisotopic (exact) mass is 246 g/mol. The normalized spacial score (nSPS) is 17.3. The Labute approximate surface area is 109 Å². The van der Waals surface area contributed by atoms with Gasteiger partial charge >= 0.3 is 0 Å². The van der Waals surface area contributed by atoms with Crippen LogP contribution < -0.4 is 5.32 Å². The summed E-state index contributed by atoms with van der Waals surface area (Å²) >= 11 is 0. The molecule has 0 aromatic heterocycles. The van der Waals surface area contributed by atoms with E-state index in [0.717, 1.165) is 38.2 Å². The molecule has 1 fully saturated rings. The molecular formula is C15H22N2O. The summed E-state index contributed by atoms with van der Waals surface area (Å²) in [7, 11) is 0. The molecule has 1 aromatic carbocycles. The minimum absolute atomic E-state index is 0.234. The standard InChI is InChI=1S/C15H22N2O/c1-15(2,13-7-4-3-5-8-13)14(18)17-11-6-9-16-10-12-17/h3-5,7-8,16H,6,9-12H2,1-2H3. The largest absolute Gasteiger partial charge is 0.341 e. The molecule has 0 spiro atoms. The van der Waals surface area contributed by atoms with Crippen molar-refractivity contribution in [3.8, 4) is 0 Å². The molecule has 0 unspecified atom stereocenters. The number of carbonyl (C=O) groups is 1.